The maximum atomic E-state index is 5.23. The third kappa shape index (κ3) is 0.840. The molecule has 0 saturated carbocycles. The quantitative estimate of drug-likeness (QED) is 0.524. The van der Waals surface area contributed by atoms with Gasteiger partial charge in [-0.2, -0.15) is 5.10 Å². The van der Waals surface area contributed by atoms with Gasteiger partial charge in [0.25, 0.3) is 0 Å². The fourth-order valence-corrected chi connectivity index (χ4v) is 0.497. The molecule has 1 aromatic rings. The summed E-state index contributed by atoms with van der Waals surface area (Å²) in [5, 5.41) is 6.24. The monoisotopic (exact) mass is 127 g/mol. The average molecular weight is 127 g/mol. The van der Waals surface area contributed by atoms with E-state index in [1.165, 1.54) is 0 Å². The van der Waals surface area contributed by atoms with Crippen molar-refractivity contribution in [3.8, 4) is 0 Å². The molecular formula is C4H5N3S. The Morgan fingerprint density at radius 2 is 2.62 bits per heavy atom. The Kier molecular flexibility index (Phi) is 1.26. The Morgan fingerprint density at radius 1 is 1.88 bits per heavy atom. The highest BCUT2D eigenvalue weighted by Crippen LogP contribution is 1.90. The van der Waals surface area contributed by atoms with Gasteiger partial charge in [-0.1, -0.05) is 12.2 Å². The SMILES string of the molecule is NC(=S)c1cn[nH]c1. The number of hydrogen-bond donors (Lipinski definition) is 2. The average Bonchev–Trinajstić information content (AvgIpc) is 2.12. The highest BCUT2D eigenvalue weighted by Gasteiger charge is 1.92. The predicted molar refractivity (Wildman–Crippen MR) is 34.5 cm³/mol. The molecule has 0 aliphatic carbocycles. The first-order valence-corrected chi connectivity index (χ1v) is 2.50. The third-order valence-corrected chi connectivity index (χ3v) is 1.02. The van der Waals surface area contributed by atoms with E-state index in [1.54, 1.807) is 12.4 Å². The van der Waals surface area contributed by atoms with Crippen LogP contribution in [0.5, 0.6) is 0 Å². The number of rotatable bonds is 1. The molecule has 1 aromatic heterocycles. The van der Waals surface area contributed by atoms with E-state index >= 15 is 0 Å². The van der Waals surface area contributed by atoms with Gasteiger partial charge in [0, 0.05) is 11.8 Å². The molecule has 3 nitrogen and oxygen atoms in total. The van der Waals surface area contributed by atoms with Crippen molar-refractivity contribution in [3.05, 3.63) is 18.0 Å². The van der Waals surface area contributed by atoms with E-state index in [0.29, 0.717) is 4.99 Å². The standard InChI is InChI=1S/C4H5N3S/c5-4(8)3-1-6-7-2-3/h1-2H,(H2,5,8)(H,6,7). The zero-order valence-corrected chi connectivity index (χ0v) is 4.90. The number of aromatic amines is 1. The molecule has 0 aliphatic heterocycles. The van der Waals surface area contributed by atoms with Crippen LogP contribution in [-0.4, -0.2) is 15.2 Å². The molecule has 1 rings (SSSR count). The molecule has 0 bridgehead atoms. The Balaban J connectivity index is 2.93. The second kappa shape index (κ2) is 1.92. The fraction of sp³-hybridized carbons (Fsp3) is 0. The minimum absolute atomic E-state index is 0.374. The lowest BCUT2D eigenvalue weighted by Crippen LogP contribution is -2.07. The zero-order chi connectivity index (χ0) is 5.98. The van der Waals surface area contributed by atoms with Crippen LogP contribution in [0.2, 0.25) is 0 Å². The summed E-state index contributed by atoms with van der Waals surface area (Å²) in [4.78, 5) is 0.374. The molecule has 1 heterocycles. The number of nitrogens with two attached hydrogens (primary N) is 1. The van der Waals surface area contributed by atoms with E-state index in [2.05, 4.69) is 22.4 Å². The largest absolute Gasteiger partial charge is 0.389 e. The van der Waals surface area contributed by atoms with E-state index in [0.717, 1.165) is 5.56 Å². The van der Waals surface area contributed by atoms with Crippen LogP contribution in [0, 0.1) is 0 Å². The number of H-pyrrole nitrogens is 1. The van der Waals surface area contributed by atoms with Gasteiger partial charge in [0.05, 0.1) is 6.20 Å². The van der Waals surface area contributed by atoms with Crippen LogP contribution in [0.4, 0.5) is 0 Å². The minimum Gasteiger partial charge on any atom is -0.389 e. The molecule has 42 valence electrons. The molecule has 0 spiro atoms. The van der Waals surface area contributed by atoms with Gasteiger partial charge in [-0.3, -0.25) is 5.10 Å². The summed E-state index contributed by atoms with van der Waals surface area (Å²) in [7, 11) is 0. The summed E-state index contributed by atoms with van der Waals surface area (Å²) in [6, 6.07) is 0. The molecule has 3 N–H and O–H groups in total. The van der Waals surface area contributed by atoms with Gasteiger partial charge < -0.3 is 5.73 Å². The van der Waals surface area contributed by atoms with Gasteiger partial charge >= 0.3 is 0 Å². The Bertz CT molecular complexity index is 179. The Hall–Kier alpha value is -0.900. The summed E-state index contributed by atoms with van der Waals surface area (Å²) in [5.74, 6) is 0. The van der Waals surface area contributed by atoms with Crippen LogP contribution < -0.4 is 5.73 Å². The van der Waals surface area contributed by atoms with Crippen LogP contribution >= 0.6 is 12.2 Å². The molecule has 0 unspecified atom stereocenters. The molecular weight excluding hydrogens is 122 g/mol. The van der Waals surface area contributed by atoms with Crippen molar-refractivity contribution in [2.24, 2.45) is 5.73 Å². The van der Waals surface area contributed by atoms with E-state index in [9.17, 15) is 0 Å². The second-order valence-electron chi connectivity index (χ2n) is 1.35. The fourth-order valence-electron chi connectivity index (χ4n) is 0.386. The molecule has 0 fully saturated rings. The highest BCUT2D eigenvalue weighted by atomic mass is 32.1. The smallest absolute Gasteiger partial charge is 0.107 e. The summed E-state index contributed by atoms with van der Waals surface area (Å²) in [6.45, 7) is 0. The highest BCUT2D eigenvalue weighted by molar-refractivity contribution is 7.80. The van der Waals surface area contributed by atoms with Crippen molar-refractivity contribution in [3.63, 3.8) is 0 Å². The summed E-state index contributed by atoms with van der Waals surface area (Å²) in [6.07, 6.45) is 3.24. The lowest BCUT2D eigenvalue weighted by molar-refractivity contribution is 1.09. The number of thiocarbonyl (C=S) groups is 1. The van der Waals surface area contributed by atoms with Crippen molar-refractivity contribution in [1.82, 2.24) is 10.2 Å². The first-order chi connectivity index (χ1) is 3.80. The Morgan fingerprint density at radius 3 is 2.88 bits per heavy atom. The van der Waals surface area contributed by atoms with Gasteiger partial charge in [0.2, 0.25) is 0 Å². The lowest BCUT2D eigenvalue weighted by atomic mass is 10.4. The van der Waals surface area contributed by atoms with E-state index in [1.807, 2.05) is 0 Å². The van der Waals surface area contributed by atoms with Crippen LogP contribution in [0.1, 0.15) is 5.56 Å². The molecule has 0 aliphatic rings. The van der Waals surface area contributed by atoms with Crippen molar-refractivity contribution in [2.75, 3.05) is 0 Å². The molecule has 0 amide bonds. The van der Waals surface area contributed by atoms with E-state index in [4.69, 9.17) is 5.73 Å². The maximum Gasteiger partial charge on any atom is 0.107 e. The number of hydrogen-bond acceptors (Lipinski definition) is 2. The maximum absolute atomic E-state index is 5.23. The molecule has 0 atom stereocenters. The normalized spacial score (nSPS) is 9.00. The first-order valence-electron chi connectivity index (χ1n) is 2.09. The van der Waals surface area contributed by atoms with Crippen LogP contribution in [0.25, 0.3) is 0 Å². The summed E-state index contributed by atoms with van der Waals surface area (Å²) >= 11 is 4.63. The van der Waals surface area contributed by atoms with Gasteiger partial charge in [-0.25, -0.2) is 0 Å². The zero-order valence-electron chi connectivity index (χ0n) is 4.09. The number of nitrogens with zero attached hydrogens (tertiary/aromatic N) is 1. The summed E-state index contributed by atoms with van der Waals surface area (Å²) in [5.41, 5.74) is 6.01. The third-order valence-electron chi connectivity index (χ3n) is 0.783. The lowest BCUT2D eigenvalue weighted by Gasteiger charge is -1.83. The van der Waals surface area contributed by atoms with Gasteiger partial charge in [-0.15, -0.1) is 0 Å². The molecule has 0 aromatic carbocycles. The van der Waals surface area contributed by atoms with Gasteiger partial charge in [0.1, 0.15) is 4.99 Å². The molecule has 0 saturated heterocycles. The van der Waals surface area contributed by atoms with Crippen LogP contribution in [0.15, 0.2) is 12.4 Å². The molecule has 8 heavy (non-hydrogen) atoms. The summed E-state index contributed by atoms with van der Waals surface area (Å²) < 4.78 is 0. The molecule has 0 radical (unpaired) electrons. The van der Waals surface area contributed by atoms with E-state index in [-0.39, 0.29) is 0 Å². The minimum atomic E-state index is 0.374. The van der Waals surface area contributed by atoms with Gasteiger partial charge in [0.15, 0.2) is 0 Å². The van der Waals surface area contributed by atoms with Crippen molar-refractivity contribution in [2.45, 2.75) is 0 Å². The second-order valence-corrected chi connectivity index (χ2v) is 1.79. The van der Waals surface area contributed by atoms with Crippen LogP contribution in [-0.2, 0) is 0 Å². The number of nitrogens with one attached hydrogen (secondary N) is 1. The number of aromatic nitrogens is 2. The van der Waals surface area contributed by atoms with Crippen molar-refractivity contribution < 1.29 is 0 Å². The molecule has 4 heteroatoms. The topological polar surface area (TPSA) is 54.7 Å². The Labute approximate surface area is 51.9 Å². The van der Waals surface area contributed by atoms with E-state index < -0.39 is 0 Å². The predicted octanol–water partition coefficient (Wildman–Crippen LogP) is 0.0439. The van der Waals surface area contributed by atoms with Crippen LogP contribution in [0.3, 0.4) is 0 Å². The van der Waals surface area contributed by atoms with Crippen molar-refractivity contribution >= 4 is 17.2 Å². The van der Waals surface area contributed by atoms with Gasteiger partial charge in [-0.05, 0) is 0 Å². The first kappa shape index (κ1) is 5.24. The van der Waals surface area contributed by atoms with Crippen molar-refractivity contribution in [1.29, 1.82) is 0 Å².